The van der Waals surface area contributed by atoms with Gasteiger partial charge in [0.15, 0.2) is 0 Å². The highest BCUT2D eigenvalue weighted by Gasteiger charge is 1.88. The maximum Gasteiger partial charge on any atom is 0.249 e. The molecule has 0 atom stereocenters. The third kappa shape index (κ3) is 1.07. The SMILES string of the molecule is Fc1coc(=S)s1. The maximum atomic E-state index is 11.8. The van der Waals surface area contributed by atoms with E-state index in [-0.39, 0.29) is 9.15 Å². The predicted octanol–water partition coefficient (Wildman–Crippen LogP) is 2.21. The van der Waals surface area contributed by atoms with Crippen LogP contribution in [0.4, 0.5) is 4.39 Å². The van der Waals surface area contributed by atoms with Crippen molar-refractivity contribution in [1.82, 2.24) is 0 Å². The summed E-state index contributed by atoms with van der Waals surface area (Å²) < 4.78 is 16.4. The van der Waals surface area contributed by atoms with Gasteiger partial charge in [-0.3, -0.25) is 0 Å². The molecule has 0 unspecified atom stereocenters. The molecule has 1 aromatic rings. The molecule has 1 rings (SSSR count). The van der Waals surface area contributed by atoms with Crippen LogP contribution in [0.2, 0.25) is 0 Å². The number of hydrogen-bond acceptors (Lipinski definition) is 3. The van der Waals surface area contributed by atoms with E-state index in [0.29, 0.717) is 0 Å². The summed E-state index contributed by atoms with van der Waals surface area (Å²) in [6, 6.07) is 0. The van der Waals surface area contributed by atoms with Crippen molar-refractivity contribution in [3.63, 3.8) is 0 Å². The molecule has 0 fully saturated rings. The molecule has 0 aromatic carbocycles. The van der Waals surface area contributed by atoms with Crippen molar-refractivity contribution < 1.29 is 8.81 Å². The molecule has 1 heterocycles. The zero-order valence-corrected chi connectivity index (χ0v) is 4.81. The quantitative estimate of drug-likeness (QED) is 0.507. The zero-order chi connectivity index (χ0) is 5.28. The van der Waals surface area contributed by atoms with Gasteiger partial charge in [-0.15, -0.1) is 0 Å². The monoisotopic (exact) mass is 136 g/mol. The van der Waals surface area contributed by atoms with Gasteiger partial charge >= 0.3 is 0 Å². The summed E-state index contributed by atoms with van der Waals surface area (Å²) >= 11 is 5.27. The highest BCUT2D eigenvalue weighted by Crippen LogP contribution is 2.07. The van der Waals surface area contributed by atoms with Crippen LogP contribution in [0.1, 0.15) is 0 Å². The van der Waals surface area contributed by atoms with Crippen molar-refractivity contribution >= 4 is 23.6 Å². The minimum atomic E-state index is -0.370. The lowest BCUT2D eigenvalue weighted by Gasteiger charge is -1.56. The lowest BCUT2D eigenvalue weighted by molar-refractivity contribution is 0.523. The molecule has 4 heteroatoms. The lowest BCUT2D eigenvalue weighted by atomic mass is 11.0. The van der Waals surface area contributed by atoms with Crippen molar-refractivity contribution in [2.75, 3.05) is 0 Å². The molecule has 7 heavy (non-hydrogen) atoms. The van der Waals surface area contributed by atoms with Crippen LogP contribution in [0.25, 0.3) is 0 Å². The minimum absolute atomic E-state index is 0.234. The predicted molar refractivity (Wildman–Crippen MR) is 27.4 cm³/mol. The van der Waals surface area contributed by atoms with E-state index in [0.717, 1.165) is 17.6 Å². The van der Waals surface area contributed by atoms with Crippen LogP contribution in [-0.2, 0) is 0 Å². The van der Waals surface area contributed by atoms with E-state index in [4.69, 9.17) is 0 Å². The van der Waals surface area contributed by atoms with Gasteiger partial charge in [0, 0.05) is 0 Å². The Morgan fingerprint density at radius 3 is 2.71 bits per heavy atom. The minimum Gasteiger partial charge on any atom is -0.441 e. The van der Waals surface area contributed by atoms with E-state index in [1.54, 1.807) is 0 Å². The smallest absolute Gasteiger partial charge is 0.249 e. The van der Waals surface area contributed by atoms with Crippen LogP contribution in [0.15, 0.2) is 10.7 Å². The third-order valence-electron chi connectivity index (χ3n) is 0.429. The first-order valence-electron chi connectivity index (χ1n) is 1.53. The molecular formula is C3HFOS2. The summed E-state index contributed by atoms with van der Waals surface area (Å²) in [5.41, 5.74) is 0. The normalized spacial score (nSPS) is 9.29. The van der Waals surface area contributed by atoms with Gasteiger partial charge in [0.05, 0.1) is 0 Å². The van der Waals surface area contributed by atoms with E-state index >= 15 is 0 Å². The van der Waals surface area contributed by atoms with Gasteiger partial charge in [0.1, 0.15) is 6.26 Å². The second-order valence-electron chi connectivity index (χ2n) is 0.892. The summed E-state index contributed by atoms with van der Waals surface area (Å²) in [6.45, 7) is 0. The Labute approximate surface area is 48.4 Å². The van der Waals surface area contributed by atoms with Gasteiger partial charge in [-0.2, -0.15) is 4.39 Å². The zero-order valence-electron chi connectivity index (χ0n) is 3.18. The molecule has 0 N–H and O–H groups in total. The van der Waals surface area contributed by atoms with Crippen molar-refractivity contribution in [1.29, 1.82) is 0 Å². The molecule has 0 amide bonds. The highest BCUT2D eigenvalue weighted by atomic mass is 32.1. The van der Waals surface area contributed by atoms with Crippen LogP contribution in [0.3, 0.4) is 0 Å². The van der Waals surface area contributed by atoms with Crippen molar-refractivity contribution in [2.45, 2.75) is 0 Å². The van der Waals surface area contributed by atoms with Gasteiger partial charge in [-0.1, -0.05) is 11.3 Å². The molecule has 0 aliphatic heterocycles. The molecule has 0 spiro atoms. The van der Waals surface area contributed by atoms with Gasteiger partial charge in [0.2, 0.25) is 9.15 Å². The van der Waals surface area contributed by atoms with Crippen LogP contribution in [-0.4, -0.2) is 0 Å². The second-order valence-corrected chi connectivity index (χ2v) is 2.49. The maximum absolute atomic E-state index is 11.8. The Bertz CT molecular complexity index is 201. The molecule has 0 saturated carbocycles. The summed E-state index contributed by atoms with van der Waals surface area (Å²) in [5.74, 6) is 0. The first-order chi connectivity index (χ1) is 3.29. The van der Waals surface area contributed by atoms with Gasteiger partial charge in [-0.05, 0) is 12.2 Å². The number of hydrogen-bond donors (Lipinski definition) is 0. The second kappa shape index (κ2) is 1.71. The molecule has 0 aliphatic carbocycles. The van der Waals surface area contributed by atoms with Crippen LogP contribution in [0.5, 0.6) is 0 Å². The third-order valence-corrected chi connectivity index (χ3v) is 1.33. The van der Waals surface area contributed by atoms with Crippen molar-refractivity contribution in [2.24, 2.45) is 0 Å². The molecule has 0 aliphatic rings. The van der Waals surface area contributed by atoms with Gasteiger partial charge in [-0.25, -0.2) is 0 Å². The van der Waals surface area contributed by atoms with E-state index in [1.807, 2.05) is 0 Å². The Balaban J connectivity index is 3.30. The fourth-order valence-electron chi connectivity index (χ4n) is 0.222. The van der Waals surface area contributed by atoms with Crippen LogP contribution in [0, 0.1) is 9.15 Å². The first kappa shape index (κ1) is 4.93. The van der Waals surface area contributed by atoms with Crippen LogP contribution >= 0.6 is 23.6 Å². The standard InChI is InChI=1S/C3HFOS2/c4-2-1-5-3(6)7-2/h1H. The van der Waals surface area contributed by atoms with E-state index < -0.39 is 0 Å². The Morgan fingerprint density at radius 1 is 1.86 bits per heavy atom. The molecule has 1 nitrogen and oxygen atoms in total. The Hall–Kier alpha value is -0.220. The molecule has 0 radical (unpaired) electrons. The van der Waals surface area contributed by atoms with Crippen molar-refractivity contribution in [3.05, 3.63) is 15.4 Å². The molecule has 0 bridgehead atoms. The fourth-order valence-corrected chi connectivity index (χ4v) is 0.861. The average Bonchev–Trinajstić information content (AvgIpc) is 1.87. The van der Waals surface area contributed by atoms with Gasteiger partial charge in [0.25, 0.3) is 0 Å². The molecule has 0 saturated heterocycles. The van der Waals surface area contributed by atoms with E-state index in [2.05, 4.69) is 16.6 Å². The Kier molecular flexibility index (Phi) is 1.21. The van der Waals surface area contributed by atoms with E-state index in [9.17, 15) is 4.39 Å². The first-order valence-corrected chi connectivity index (χ1v) is 2.75. The molecule has 38 valence electrons. The highest BCUT2D eigenvalue weighted by molar-refractivity contribution is 7.73. The number of halogens is 1. The van der Waals surface area contributed by atoms with Gasteiger partial charge < -0.3 is 4.42 Å². The summed E-state index contributed by atoms with van der Waals surface area (Å²) in [7, 11) is 0. The molecule has 1 aromatic heterocycles. The lowest BCUT2D eigenvalue weighted by Crippen LogP contribution is -1.43. The van der Waals surface area contributed by atoms with E-state index in [1.165, 1.54) is 0 Å². The topological polar surface area (TPSA) is 13.1 Å². The van der Waals surface area contributed by atoms with Crippen molar-refractivity contribution in [3.8, 4) is 0 Å². The number of rotatable bonds is 0. The summed E-state index contributed by atoms with van der Waals surface area (Å²) in [4.78, 5) is 0. The Morgan fingerprint density at radius 2 is 2.57 bits per heavy atom. The summed E-state index contributed by atoms with van der Waals surface area (Å²) in [5, 5.41) is -0.370. The fraction of sp³-hybridized carbons (Fsp3) is 0. The summed E-state index contributed by atoms with van der Waals surface area (Å²) in [6.07, 6.45) is 0.993. The molecular weight excluding hydrogens is 135 g/mol. The average molecular weight is 136 g/mol. The van der Waals surface area contributed by atoms with Crippen LogP contribution < -0.4 is 0 Å². The largest absolute Gasteiger partial charge is 0.441 e.